The smallest absolute Gasteiger partial charge is 0.255 e. The number of carbonyl (C=O) groups is 1. The second-order valence-electron chi connectivity index (χ2n) is 6.10. The lowest BCUT2D eigenvalue weighted by molar-refractivity contribution is 0.102. The standard InChI is InChI=1S/C20H24N2O2/c1-2-24-19-7-5-6-18(14-19)21-20(23)17-10-8-16(9-11-17)15-22-12-3-4-13-22/h5-11,14H,2-4,12-13,15H2,1H3,(H,21,23). The third-order valence-corrected chi connectivity index (χ3v) is 4.22. The van der Waals surface area contributed by atoms with Crippen LogP contribution in [0.5, 0.6) is 5.75 Å². The van der Waals surface area contributed by atoms with Crippen molar-refractivity contribution in [2.24, 2.45) is 0 Å². The average molecular weight is 324 g/mol. The van der Waals surface area contributed by atoms with Crippen LogP contribution in [0.3, 0.4) is 0 Å². The van der Waals surface area contributed by atoms with Crippen molar-refractivity contribution < 1.29 is 9.53 Å². The van der Waals surface area contributed by atoms with E-state index in [0.29, 0.717) is 12.2 Å². The molecular weight excluding hydrogens is 300 g/mol. The Balaban J connectivity index is 1.61. The summed E-state index contributed by atoms with van der Waals surface area (Å²) in [6, 6.07) is 15.3. The van der Waals surface area contributed by atoms with Crippen molar-refractivity contribution in [1.82, 2.24) is 4.90 Å². The summed E-state index contributed by atoms with van der Waals surface area (Å²) in [6.45, 7) is 5.87. The van der Waals surface area contributed by atoms with E-state index in [1.807, 2.05) is 55.5 Å². The van der Waals surface area contributed by atoms with Crippen molar-refractivity contribution >= 4 is 11.6 Å². The van der Waals surface area contributed by atoms with Crippen molar-refractivity contribution in [3.05, 3.63) is 59.7 Å². The molecule has 0 spiro atoms. The molecule has 24 heavy (non-hydrogen) atoms. The summed E-state index contributed by atoms with van der Waals surface area (Å²) in [6.07, 6.45) is 2.59. The third-order valence-electron chi connectivity index (χ3n) is 4.22. The van der Waals surface area contributed by atoms with Gasteiger partial charge in [0.25, 0.3) is 5.91 Å². The molecule has 0 saturated carbocycles. The van der Waals surface area contributed by atoms with E-state index in [2.05, 4.69) is 10.2 Å². The quantitative estimate of drug-likeness (QED) is 0.875. The molecule has 126 valence electrons. The second-order valence-corrected chi connectivity index (χ2v) is 6.10. The predicted octanol–water partition coefficient (Wildman–Crippen LogP) is 3.93. The molecule has 0 atom stereocenters. The Morgan fingerprint density at radius 1 is 1.12 bits per heavy atom. The van der Waals surface area contributed by atoms with Crippen LogP contribution in [0.25, 0.3) is 0 Å². The van der Waals surface area contributed by atoms with Crippen molar-refractivity contribution in [1.29, 1.82) is 0 Å². The number of anilines is 1. The van der Waals surface area contributed by atoms with Crippen LogP contribution >= 0.6 is 0 Å². The van der Waals surface area contributed by atoms with Crippen molar-refractivity contribution in [3.8, 4) is 5.75 Å². The molecule has 1 fully saturated rings. The number of likely N-dealkylation sites (tertiary alicyclic amines) is 1. The highest BCUT2D eigenvalue weighted by Gasteiger charge is 2.12. The maximum Gasteiger partial charge on any atom is 0.255 e. The number of benzene rings is 2. The molecule has 1 aliphatic heterocycles. The van der Waals surface area contributed by atoms with Gasteiger partial charge in [-0.1, -0.05) is 18.2 Å². The minimum Gasteiger partial charge on any atom is -0.494 e. The summed E-state index contributed by atoms with van der Waals surface area (Å²) in [4.78, 5) is 14.8. The first-order chi connectivity index (χ1) is 11.7. The van der Waals surface area contributed by atoms with Crippen LogP contribution < -0.4 is 10.1 Å². The van der Waals surface area contributed by atoms with Crippen molar-refractivity contribution in [2.75, 3.05) is 25.0 Å². The monoisotopic (exact) mass is 324 g/mol. The maximum atomic E-state index is 12.4. The molecule has 1 aliphatic rings. The van der Waals surface area contributed by atoms with Gasteiger partial charge < -0.3 is 10.1 Å². The SMILES string of the molecule is CCOc1cccc(NC(=O)c2ccc(CN3CCCC3)cc2)c1. The summed E-state index contributed by atoms with van der Waals surface area (Å²) >= 11 is 0. The van der Waals surface area contributed by atoms with Crippen molar-refractivity contribution in [3.63, 3.8) is 0 Å². The van der Waals surface area contributed by atoms with Gasteiger partial charge >= 0.3 is 0 Å². The average Bonchev–Trinajstić information content (AvgIpc) is 3.09. The molecule has 1 saturated heterocycles. The Bertz CT molecular complexity index is 676. The zero-order chi connectivity index (χ0) is 16.8. The molecule has 2 aromatic carbocycles. The molecule has 0 radical (unpaired) electrons. The first kappa shape index (κ1) is 16.5. The van der Waals surface area contributed by atoms with E-state index in [1.54, 1.807) is 0 Å². The minimum atomic E-state index is -0.101. The first-order valence-corrected chi connectivity index (χ1v) is 8.60. The molecule has 4 nitrogen and oxygen atoms in total. The van der Waals surface area contributed by atoms with Gasteiger partial charge in [0.1, 0.15) is 5.75 Å². The Morgan fingerprint density at radius 2 is 1.88 bits per heavy atom. The Labute approximate surface area is 143 Å². The van der Waals surface area contributed by atoms with Gasteiger partial charge in [-0.15, -0.1) is 0 Å². The lowest BCUT2D eigenvalue weighted by atomic mass is 10.1. The number of amides is 1. The summed E-state index contributed by atoms with van der Waals surface area (Å²) in [5.41, 5.74) is 2.67. The minimum absolute atomic E-state index is 0.101. The molecule has 0 aromatic heterocycles. The first-order valence-electron chi connectivity index (χ1n) is 8.60. The molecular formula is C20H24N2O2. The van der Waals surface area contributed by atoms with Crippen LogP contribution in [0.15, 0.2) is 48.5 Å². The number of rotatable bonds is 6. The topological polar surface area (TPSA) is 41.6 Å². The van der Waals surface area contributed by atoms with Crippen molar-refractivity contribution in [2.45, 2.75) is 26.3 Å². The molecule has 2 aromatic rings. The Hall–Kier alpha value is -2.33. The molecule has 0 bridgehead atoms. The summed E-state index contributed by atoms with van der Waals surface area (Å²) in [5, 5.41) is 2.92. The number of ether oxygens (including phenoxy) is 1. The maximum absolute atomic E-state index is 12.4. The van der Waals surface area contributed by atoms with Gasteiger partial charge in [0, 0.05) is 23.9 Å². The molecule has 4 heteroatoms. The number of carbonyl (C=O) groups excluding carboxylic acids is 1. The second kappa shape index (κ2) is 7.97. The largest absolute Gasteiger partial charge is 0.494 e. The van der Waals surface area contributed by atoms with Gasteiger partial charge in [-0.3, -0.25) is 9.69 Å². The lowest BCUT2D eigenvalue weighted by Gasteiger charge is -2.14. The molecule has 3 rings (SSSR count). The molecule has 1 heterocycles. The van der Waals surface area contributed by atoms with Crippen LogP contribution in [-0.4, -0.2) is 30.5 Å². The van der Waals surface area contributed by atoms with Gasteiger partial charge in [0.05, 0.1) is 6.61 Å². The van der Waals surface area contributed by atoms with Crippen LogP contribution in [0.1, 0.15) is 35.7 Å². The number of hydrogen-bond donors (Lipinski definition) is 1. The van der Waals surface area contributed by atoms with Crippen LogP contribution in [0, 0.1) is 0 Å². The lowest BCUT2D eigenvalue weighted by Crippen LogP contribution is -2.18. The summed E-state index contributed by atoms with van der Waals surface area (Å²) in [7, 11) is 0. The van der Waals surface area contributed by atoms with E-state index in [4.69, 9.17) is 4.74 Å². The molecule has 0 unspecified atom stereocenters. The Morgan fingerprint density at radius 3 is 2.58 bits per heavy atom. The van der Waals surface area contributed by atoms with E-state index in [-0.39, 0.29) is 5.91 Å². The molecule has 0 aliphatic carbocycles. The normalized spacial score (nSPS) is 14.5. The van der Waals surface area contributed by atoms with E-state index in [1.165, 1.54) is 31.5 Å². The summed E-state index contributed by atoms with van der Waals surface area (Å²) < 4.78 is 5.46. The highest BCUT2D eigenvalue weighted by atomic mass is 16.5. The van der Waals surface area contributed by atoms with Crippen LogP contribution in [-0.2, 0) is 6.54 Å². The number of hydrogen-bond acceptors (Lipinski definition) is 3. The molecule has 1 N–H and O–H groups in total. The van der Waals surface area contributed by atoms with E-state index >= 15 is 0 Å². The van der Waals surface area contributed by atoms with Gasteiger partial charge in [0.15, 0.2) is 0 Å². The van der Waals surface area contributed by atoms with Gasteiger partial charge in [-0.05, 0) is 62.7 Å². The highest BCUT2D eigenvalue weighted by molar-refractivity contribution is 6.04. The van der Waals surface area contributed by atoms with Gasteiger partial charge in [0.2, 0.25) is 0 Å². The fourth-order valence-corrected chi connectivity index (χ4v) is 2.99. The predicted molar refractivity (Wildman–Crippen MR) is 96.5 cm³/mol. The Kier molecular flexibility index (Phi) is 5.49. The van der Waals surface area contributed by atoms with E-state index < -0.39 is 0 Å². The fourth-order valence-electron chi connectivity index (χ4n) is 2.99. The number of nitrogens with zero attached hydrogens (tertiary/aromatic N) is 1. The summed E-state index contributed by atoms with van der Waals surface area (Å²) in [5.74, 6) is 0.660. The number of nitrogens with one attached hydrogen (secondary N) is 1. The zero-order valence-corrected chi connectivity index (χ0v) is 14.1. The third kappa shape index (κ3) is 4.36. The zero-order valence-electron chi connectivity index (χ0n) is 14.1. The van der Waals surface area contributed by atoms with E-state index in [9.17, 15) is 4.79 Å². The van der Waals surface area contributed by atoms with E-state index in [0.717, 1.165) is 18.0 Å². The highest BCUT2D eigenvalue weighted by Crippen LogP contribution is 2.18. The van der Waals surface area contributed by atoms with Gasteiger partial charge in [-0.25, -0.2) is 0 Å². The van der Waals surface area contributed by atoms with Gasteiger partial charge in [-0.2, -0.15) is 0 Å². The van der Waals surface area contributed by atoms with Crippen LogP contribution in [0.2, 0.25) is 0 Å². The fraction of sp³-hybridized carbons (Fsp3) is 0.350. The van der Waals surface area contributed by atoms with Crippen LogP contribution in [0.4, 0.5) is 5.69 Å². The molecule has 1 amide bonds.